The number of para-hydroxylation sites is 1. The molecule has 0 saturated carbocycles. The first-order valence-corrected chi connectivity index (χ1v) is 8.02. The summed E-state index contributed by atoms with van der Waals surface area (Å²) in [4.78, 5) is 30.3. The van der Waals surface area contributed by atoms with Gasteiger partial charge in [0.15, 0.2) is 5.52 Å². The van der Waals surface area contributed by atoms with E-state index in [1.165, 1.54) is 17.0 Å². The molecule has 3 rings (SSSR count). The second kappa shape index (κ2) is 5.92. The molecule has 2 aromatic rings. The van der Waals surface area contributed by atoms with E-state index in [2.05, 4.69) is 9.97 Å². The first kappa shape index (κ1) is 15.9. The number of aromatic nitrogens is 2. The lowest BCUT2D eigenvalue weighted by atomic mass is 10.1. The third-order valence-electron chi connectivity index (χ3n) is 3.88. The molecule has 1 saturated heterocycles. The SMILES string of the molecule is O=C(O)CC1C(=S(=O)=O)CCN1c1nc2c([N+](=O)[O-])cccc2[nH]1. The predicted octanol–water partition coefficient (Wildman–Crippen LogP) is 0.576. The maximum atomic E-state index is 11.3. The van der Waals surface area contributed by atoms with Gasteiger partial charge in [-0.15, -0.1) is 0 Å². The van der Waals surface area contributed by atoms with Gasteiger partial charge in [0.2, 0.25) is 16.2 Å². The van der Waals surface area contributed by atoms with E-state index < -0.39 is 33.6 Å². The number of carboxylic acid groups (broad SMARTS) is 1. The van der Waals surface area contributed by atoms with Gasteiger partial charge in [-0.25, -0.2) is 4.98 Å². The average Bonchev–Trinajstić information content (AvgIpc) is 3.09. The Morgan fingerprint density at radius 2 is 2.25 bits per heavy atom. The Balaban J connectivity index is 2.09. The number of nitro benzene ring substituents is 1. The van der Waals surface area contributed by atoms with Crippen molar-refractivity contribution in [2.75, 3.05) is 11.4 Å². The summed E-state index contributed by atoms with van der Waals surface area (Å²) in [5.41, 5.74) is 0.383. The monoisotopic (exact) mass is 352 g/mol. The van der Waals surface area contributed by atoms with Crippen LogP contribution in [0.15, 0.2) is 18.2 Å². The van der Waals surface area contributed by atoms with Crippen LogP contribution in [-0.2, 0) is 15.1 Å². The van der Waals surface area contributed by atoms with Crippen molar-refractivity contribution in [2.24, 2.45) is 0 Å². The number of carbonyl (C=O) groups is 1. The Labute approximate surface area is 136 Å². The summed E-state index contributed by atoms with van der Waals surface area (Å²) < 4.78 is 22.6. The van der Waals surface area contributed by atoms with E-state index in [0.717, 1.165) is 0 Å². The van der Waals surface area contributed by atoms with Crippen molar-refractivity contribution in [1.29, 1.82) is 0 Å². The van der Waals surface area contributed by atoms with E-state index in [-0.39, 0.29) is 35.0 Å². The molecular formula is C13H12N4O6S. The highest BCUT2D eigenvalue weighted by Gasteiger charge is 2.35. The summed E-state index contributed by atoms with van der Waals surface area (Å²) in [6.07, 6.45) is -0.213. The number of hydrogen-bond acceptors (Lipinski definition) is 7. The van der Waals surface area contributed by atoms with E-state index in [0.29, 0.717) is 5.52 Å². The van der Waals surface area contributed by atoms with Gasteiger partial charge < -0.3 is 15.0 Å². The number of H-pyrrole nitrogens is 1. The normalized spacial score (nSPS) is 17.4. The van der Waals surface area contributed by atoms with Crippen molar-refractivity contribution in [2.45, 2.75) is 18.9 Å². The largest absolute Gasteiger partial charge is 0.481 e. The minimum absolute atomic E-state index is 0.0901. The molecule has 0 radical (unpaired) electrons. The molecule has 1 unspecified atom stereocenters. The topological polar surface area (TPSA) is 146 Å². The molecule has 24 heavy (non-hydrogen) atoms. The van der Waals surface area contributed by atoms with Crippen molar-refractivity contribution in [1.82, 2.24) is 9.97 Å². The Morgan fingerprint density at radius 3 is 2.88 bits per heavy atom. The zero-order valence-corrected chi connectivity index (χ0v) is 13.0. The minimum atomic E-state index is -2.50. The summed E-state index contributed by atoms with van der Waals surface area (Å²) in [6.45, 7) is 0.259. The number of hydrogen-bond donors (Lipinski definition) is 2. The molecule has 1 aromatic heterocycles. The van der Waals surface area contributed by atoms with Crippen LogP contribution in [0.5, 0.6) is 0 Å². The molecule has 1 aliphatic rings. The van der Waals surface area contributed by atoms with Gasteiger partial charge >= 0.3 is 5.97 Å². The molecule has 1 aromatic carbocycles. The number of rotatable bonds is 4. The molecule has 0 aliphatic carbocycles. The first-order chi connectivity index (χ1) is 11.4. The van der Waals surface area contributed by atoms with Crippen LogP contribution in [0.25, 0.3) is 11.0 Å². The minimum Gasteiger partial charge on any atom is -0.481 e. The number of fused-ring (bicyclic) bond motifs is 1. The second-order valence-corrected chi connectivity index (χ2v) is 6.24. The highest BCUT2D eigenvalue weighted by Crippen LogP contribution is 2.29. The molecule has 2 N–H and O–H groups in total. The molecule has 0 bridgehead atoms. The number of carboxylic acids is 1. The van der Waals surface area contributed by atoms with E-state index in [1.54, 1.807) is 6.07 Å². The van der Waals surface area contributed by atoms with Crippen LogP contribution >= 0.6 is 0 Å². The lowest BCUT2D eigenvalue weighted by Gasteiger charge is -2.21. The smallest absolute Gasteiger partial charge is 0.305 e. The van der Waals surface area contributed by atoms with E-state index in [9.17, 15) is 23.3 Å². The Bertz CT molecular complexity index is 972. The Kier molecular flexibility index (Phi) is 3.93. The third-order valence-corrected chi connectivity index (χ3v) is 4.78. The van der Waals surface area contributed by atoms with Gasteiger partial charge in [0, 0.05) is 19.0 Å². The van der Waals surface area contributed by atoms with Crippen molar-refractivity contribution < 1.29 is 23.2 Å². The van der Waals surface area contributed by atoms with Gasteiger partial charge in [0.1, 0.15) is 0 Å². The van der Waals surface area contributed by atoms with Crippen LogP contribution < -0.4 is 4.90 Å². The maximum absolute atomic E-state index is 11.3. The number of nitro groups is 1. The van der Waals surface area contributed by atoms with Crippen LogP contribution in [0, 0.1) is 10.1 Å². The van der Waals surface area contributed by atoms with Crippen LogP contribution in [0.3, 0.4) is 0 Å². The molecule has 1 atom stereocenters. The zero-order chi connectivity index (χ0) is 17.4. The number of nitrogens with zero attached hydrogens (tertiary/aromatic N) is 3. The van der Waals surface area contributed by atoms with E-state index in [4.69, 9.17) is 5.11 Å². The van der Waals surface area contributed by atoms with Crippen molar-refractivity contribution in [3.8, 4) is 0 Å². The maximum Gasteiger partial charge on any atom is 0.305 e. The van der Waals surface area contributed by atoms with Gasteiger partial charge in [-0.1, -0.05) is 6.07 Å². The summed E-state index contributed by atoms with van der Waals surface area (Å²) in [7, 11) is -2.50. The van der Waals surface area contributed by atoms with Crippen molar-refractivity contribution >= 4 is 43.8 Å². The van der Waals surface area contributed by atoms with Gasteiger partial charge in [0.05, 0.1) is 27.8 Å². The van der Waals surface area contributed by atoms with Crippen molar-refractivity contribution in [3.05, 3.63) is 28.3 Å². The van der Waals surface area contributed by atoms with Crippen LogP contribution in [-0.4, -0.2) is 51.8 Å². The van der Waals surface area contributed by atoms with Gasteiger partial charge in [-0.2, -0.15) is 8.42 Å². The fraction of sp³-hybridized carbons (Fsp3) is 0.308. The highest BCUT2D eigenvalue weighted by atomic mass is 32.2. The number of aliphatic carboxylic acids is 1. The number of benzene rings is 1. The Hall–Kier alpha value is -2.95. The molecule has 126 valence electrons. The number of imidazole rings is 1. The van der Waals surface area contributed by atoms with E-state index in [1.807, 2.05) is 0 Å². The molecule has 10 nitrogen and oxygen atoms in total. The number of aromatic amines is 1. The summed E-state index contributed by atoms with van der Waals surface area (Å²) in [5.74, 6) is -0.928. The van der Waals surface area contributed by atoms with Crippen LogP contribution in [0.2, 0.25) is 0 Å². The van der Waals surface area contributed by atoms with E-state index >= 15 is 0 Å². The molecule has 0 spiro atoms. The molecule has 1 fully saturated rings. The molecule has 0 amide bonds. The number of nitrogens with one attached hydrogen (secondary N) is 1. The fourth-order valence-corrected chi connectivity index (χ4v) is 3.54. The van der Waals surface area contributed by atoms with Gasteiger partial charge in [-0.05, 0) is 6.07 Å². The van der Waals surface area contributed by atoms with Crippen LogP contribution in [0.1, 0.15) is 12.8 Å². The molecule has 2 heterocycles. The quantitative estimate of drug-likeness (QED) is 0.461. The van der Waals surface area contributed by atoms with Crippen molar-refractivity contribution in [3.63, 3.8) is 0 Å². The molecular weight excluding hydrogens is 340 g/mol. The standard InChI is InChI=1S/C13H12N4O6S/c18-11(19)6-9-10(24(22)23)4-5-16(9)13-14-7-2-1-3-8(17(20)21)12(7)15-13/h1-3,9H,4-6H2,(H,14,15)(H,18,19). The molecule has 1 aliphatic heterocycles. The second-order valence-electron chi connectivity index (χ2n) is 5.25. The third kappa shape index (κ3) is 2.69. The summed E-state index contributed by atoms with van der Waals surface area (Å²) in [6, 6.07) is 3.57. The highest BCUT2D eigenvalue weighted by molar-refractivity contribution is 7.73. The predicted molar refractivity (Wildman–Crippen MR) is 84.7 cm³/mol. The zero-order valence-electron chi connectivity index (χ0n) is 12.2. The number of anilines is 1. The molecule has 11 heteroatoms. The average molecular weight is 352 g/mol. The fourth-order valence-electron chi connectivity index (χ4n) is 2.85. The summed E-state index contributed by atoms with van der Waals surface area (Å²) >= 11 is 0. The lowest BCUT2D eigenvalue weighted by Crippen LogP contribution is -2.36. The van der Waals surface area contributed by atoms with Crippen LogP contribution in [0.4, 0.5) is 11.6 Å². The summed E-state index contributed by atoms with van der Waals surface area (Å²) in [5, 5.41) is 20.1. The lowest BCUT2D eigenvalue weighted by molar-refractivity contribution is -0.383. The number of non-ortho nitro benzene ring substituents is 1. The van der Waals surface area contributed by atoms with Gasteiger partial charge in [-0.3, -0.25) is 14.9 Å². The Morgan fingerprint density at radius 1 is 1.50 bits per heavy atom. The van der Waals surface area contributed by atoms with Gasteiger partial charge in [0.25, 0.3) is 5.69 Å². The first-order valence-electron chi connectivity index (χ1n) is 6.95.